The summed E-state index contributed by atoms with van der Waals surface area (Å²) < 4.78 is 11.2. The molecule has 4 nitrogen and oxygen atoms in total. The van der Waals surface area contributed by atoms with Crippen molar-refractivity contribution in [2.24, 2.45) is 0 Å². The van der Waals surface area contributed by atoms with Crippen molar-refractivity contribution in [1.29, 1.82) is 0 Å². The zero-order chi connectivity index (χ0) is 13.7. The summed E-state index contributed by atoms with van der Waals surface area (Å²) in [4.78, 5) is 14.0. The molecule has 5 heteroatoms. The molecule has 0 aliphatic carbocycles. The van der Waals surface area contributed by atoms with Crippen molar-refractivity contribution in [2.75, 3.05) is 36.5 Å². The summed E-state index contributed by atoms with van der Waals surface area (Å²) in [5.41, 5.74) is 2.07. The molecule has 1 heterocycles. The maximum absolute atomic E-state index is 11.9. The SMILES string of the molecule is CCc1cccc(NC(=O)CN2CCS(=O)CC2)c1. The summed E-state index contributed by atoms with van der Waals surface area (Å²) in [5, 5.41) is 2.92. The Balaban J connectivity index is 1.85. The second-order valence-electron chi connectivity index (χ2n) is 4.73. The van der Waals surface area contributed by atoms with Crippen LogP contribution in [0.25, 0.3) is 0 Å². The predicted molar refractivity (Wildman–Crippen MR) is 78.8 cm³/mol. The molecule has 0 saturated carbocycles. The van der Waals surface area contributed by atoms with Gasteiger partial charge in [0.05, 0.1) is 6.54 Å². The third-order valence-electron chi connectivity index (χ3n) is 3.26. The van der Waals surface area contributed by atoms with Gasteiger partial charge < -0.3 is 5.32 Å². The van der Waals surface area contributed by atoms with E-state index in [0.29, 0.717) is 18.1 Å². The van der Waals surface area contributed by atoms with Crippen LogP contribution in [0.15, 0.2) is 24.3 Å². The highest BCUT2D eigenvalue weighted by Gasteiger charge is 2.17. The van der Waals surface area contributed by atoms with E-state index in [1.165, 1.54) is 5.56 Å². The molecule has 2 rings (SSSR count). The van der Waals surface area contributed by atoms with E-state index in [-0.39, 0.29) is 5.91 Å². The van der Waals surface area contributed by atoms with Gasteiger partial charge in [0.1, 0.15) is 0 Å². The minimum absolute atomic E-state index is 0.000866. The Labute approximate surface area is 116 Å². The molecule has 0 unspecified atom stereocenters. The fraction of sp³-hybridized carbons (Fsp3) is 0.500. The quantitative estimate of drug-likeness (QED) is 0.903. The maximum atomic E-state index is 11.9. The summed E-state index contributed by atoms with van der Waals surface area (Å²) in [5.74, 6) is 1.36. The zero-order valence-corrected chi connectivity index (χ0v) is 12.0. The van der Waals surface area contributed by atoms with E-state index < -0.39 is 10.8 Å². The lowest BCUT2D eigenvalue weighted by Gasteiger charge is -2.25. The number of aryl methyl sites for hydroxylation is 1. The van der Waals surface area contributed by atoms with Gasteiger partial charge in [0.25, 0.3) is 0 Å². The van der Waals surface area contributed by atoms with E-state index in [1.54, 1.807) is 0 Å². The molecule has 0 aromatic heterocycles. The average Bonchev–Trinajstić information content (AvgIpc) is 2.41. The Morgan fingerprint density at radius 3 is 2.79 bits per heavy atom. The van der Waals surface area contributed by atoms with E-state index in [1.807, 2.05) is 18.2 Å². The van der Waals surface area contributed by atoms with Gasteiger partial charge in [0, 0.05) is 41.1 Å². The number of amides is 1. The van der Waals surface area contributed by atoms with Gasteiger partial charge in [-0.15, -0.1) is 0 Å². The first-order valence-corrected chi connectivity index (χ1v) is 8.12. The van der Waals surface area contributed by atoms with E-state index in [4.69, 9.17) is 0 Å². The number of nitrogens with zero attached hydrogens (tertiary/aromatic N) is 1. The molecule has 19 heavy (non-hydrogen) atoms. The van der Waals surface area contributed by atoms with Crippen molar-refractivity contribution < 1.29 is 9.00 Å². The van der Waals surface area contributed by atoms with Crippen molar-refractivity contribution >= 4 is 22.4 Å². The Kier molecular flexibility index (Phi) is 5.10. The van der Waals surface area contributed by atoms with Crippen LogP contribution in [0.2, 0.25) is 0 Å². The molecule has 104 valence electrons. The Hall–Kier alpha value is -1.20. The van der Waals surface area contributed by atoms with Crippen molar-refractivity contribution in [1.82, 2.24) is 4.90 Å². The monoisotopic (exact) mass is 280 g/mol. The Bertz CT molecular complexity index is 466. The van der Waals surface area contributed by atoms with Gasteiger partial charge in [0.2, 0.25) is 5.91 Å². The van der Waals surface area contributed by atoms with Gasteiger partial charge in [-0.2, -0.15) is 0 Å². The van der Waals surface area contributed by atoms with Crippen LogP contribution < -0.4 is 5.32 Å². The third-order valence-corrected chi connectivity index (χ3v) is 4.53. The molecule has 1 aromatic rings. The average molecular weight is 280 g/mol. The number of anilines is 1. The molecule has 0 bridgehead atoms. The molecular formula is C14H20N2O2S. The van der Waals surface area contributed by atoms with Crippen LogP contribution in [-0.4, -0.2) is 46.2 Å². The minimum Gasteiger partial charge on any atom is -0.325 e. The first-order valence-electron chi connectivity index (χ1n) is 6.63. The number of carbonyl (C=O) groups is 1. The second kappa shape index (κ2) is 6.82. The van der Waals surface area contributed by atoms with Crippen LogP contribution >= 0.6 is 0 Å². The van der Waals surface area contributed by atoms with Gasteiger partial charge >= 0.3 is 0 Å². The van der Waals surface area contributed by atoms with Gasteiger partial charge in [-0.25, -0.2) is 0 Å². The summed E-state index contributed by atoms with van der Waals surface area (Å²) >= 11 is 0. The van der Waals surface area contributed by atoms with Crippen LogP contribution in [0.3, 0.4) is 0 Å². The first-order chi connectivity index (χ1) is 9.17. The molecule has 0 spiro atoms. The summed E-state index contributed by atoms with van der Waals surface area (Å²) in [6, 6.07) is 7.92. The molecule has 1 aromatic carbocycles. The smallest absolute Gasteiger partial charge is 0.238 e. The summed E-state index contributed by atoms with van der Waals surface area (Å²) in [6.45, 7) is 3.96. The second-order valence-corrected chi connectivity index (χ2v) is 6.42. The normalized spacial score (nSPS) is 17.3. The summed E-state index contributed by atoms with van der Waals surface area (Å²) in [7, 11) is -0.691. The lowest BCUT2D eigenvalue weighted by Crippen LogP contribution is -2.42. The van der Waals surface area contributed by atoms with E-state index >= 15 is 0 Å². The number of rotatable bonds is 4. The molecule has 0 radical (unpaired) electrons. The number of benzene rings is 1. The number of hydrogen-bond donors (Lipinski definition) is 1. The molecule has 1 aliphatic rings. The minimum atomic E-state index is -0.691. The van der Waals surface area contributed by atoms with Crippen molar-refractivity contribution in [3.8, 4) is 0 Å². The largest absolute Gasteiger partial charge is 0.325 e. The molecule has 1 amide bonds. The first kappa shape index (κ1) is 14.2. The molecule has 1 fully saturated rings. The highest BCUT2D eigenvalue weighted by Crippen LogP contribution is 2.11. The van der Waals surface area contributed by atoms with Crippen molar-refractivity contribution in [3.05, 3.63) is 29.8 Å². The van der Waals surface area contributed by atoms with E-state index in [2.05, 4.69) is 23.2 Å². The third kappa shape index (κ3) is 4.44. The molecule has 1 aliphatic heterocycles. The Morgan fingerprint density at radius 1 is 1.37 bits per heavy atom. The van der Waals surface area contributed by atoms with Crippen LogP contribution in [0.5, 0.6) is 0 Å². The Morgan fingerprint density at radius 2 is 2.11 bits per heavy atom. The number of carbonyl (C=O) groups excluding carboxylic acids is 1. The van der Waals surface area contributed by atoms with Gasteiger partial charge in [-0.1, -0.05) is 19.1 Å². The lowest BCUT2D eigenvalue weighted by molar-refractivity contribution is -0.117. The van der Waals surface area contributed by atoms with Crippen molar-refractivity contribution in [2.45, 2.75) is 13.3 Å². The van der Waals surface area contributed by atoms with Gasteiger partial charge in [0.15, 0.2) is 0 Å². The predicted octanol–water partition coefficient (Wildman–Crippen LogP) is 1.25. The van der Waals surface area contributed by atoms with E-state index in [0.717, 1.165) is 25.2 Å². The van der Waals surface area contributed by atoms with Crippen LogP contribution in [0, 0.1) is 0 Å². The highest BCUT2D eigenvalue weighted by molar-refractivity contribution is 7.85. The molecule has 0 atom stereocenters. The van der Waals surface area contributed by atoms with Crippen molar-refractivity contribution in [3.63, 3.8) is 0 Å². The number of nitrogens with one attached hydrogen (secondary N) is 1. The molecule has 1 N–H and O–H groups in total. The topological polar surface area (TPSA) is 49.4 Å². The molecule has 1 saturated heterocycles. The van der Waals surface area contributed by atoms with Crippen LogP contribution in [0.4, 0.5) is 5.69 Å². The number of hydrogen-bond acceptors (Lipinski definition) is 3. The van der Waals surface area contributed by atoms with Crippen LogP contribution in [-0.2, 0) is 22.0 Å². The zero-order valence-electron chi connectivity index (χ0n) is 11.2. The van der Waals surface area contributed by atoms with Gasteiger partial charge in [-0.3, -0.25) is 13.9 Å². The fourth-order valence-electron chi connectivity index (χ4n) is 2.11. The summed E-state index contributed by atoms with van der Waals surface area (Å²) in [6.07, 6.45) is 0.960. The van der Waals surface area contributed by atoms with Crippen LogP contribution in [0.1, 0.15) is 12.5 Å². The maximum Gasteiger partial charge on any atom is 0.238 e. The molecular weight excluding hydrogens is 260 g/mol. The highest BCUT2D eigenvalue weighted by atomic mass is 32.2. The standard InChI is InChI=1S/C14H20N2O2S/c1-2-12-4-3-5-13(10-12)15-14(17)11-16-6-8-19(18)9-7-16/h3-5,10H,2,6-9,11H2,1H3,(H,15,17). The fourth-order valence-corrected chi connectivity index (χ4v) is 3.23. The van der Waals surface area contributed by atoms with Gasteiger partial charge in [-0.05, 0) is 24.1 Å². The lowest BCUT2D eigenvalue weighted by atomic mass is 10.1. The van der Waals surface area contributed by atoms with E-state index in [9.17, 15) is 9.00 Å².